The number of hydrogen-bond donors (Lipinski definition) is 1. The highest BCUT2D eigenvalue weighted by molar-refractivity contribution is 5.39. The highest BCUT2D eigenvalue weighted by Crippen LogP contribution is 2.50. The highest BCUT2D eigenvalue weighted by atomic mass is 16.5. The Kier molecular flexibility index (Phi) is 3.53. The predicted octanol–water partition coefficient (Wildman–Crippen LogP) is 4.46. The van der Waals surface area contributed by atoms with Gasteiger partial charge in [0.1, 0.15) is 11.4 Å². The Morgan fingerprint density at radius 2 is 2.05 bits per heavy atom. The van der Waals surface area contributed by atoms with Crippen molar-refractivity contribution in [1.29, 1.82) is 0 Å². The molecule has 0 bridgehead atoms. The normalized spacial score (nSPS) is 31.6. The average molecular weight is 273 g/mol. The molecule has 1 aromatic rings. The van der Waals surface area contributed by atoms with Gasteiger partial charge in [-0.2, -0.15) is 0 Å². The van der Waals surface area contributed by atoms with E-state index in [0.717, 1.165) is 18.7 Å². The van der Waals surface area contributed by atoms with Gasteiger partial charge < -0.3 is 10.1 Å². The van der Waals surface area contributed by atoms with E-state index in [4.69, 9.17) is 4.74 Å². The molecule has 0 saturated heterocycles. The van der Waals surface area contributed by atoms with Gasteiger partial charge in [0.2, 0.25) is 0 Å². The Labute approximate surface area is 122 Å². The van der Waals surface area contributed by atoms with Gasteiger partial charge in [0.15, 0.2) is 0 Å². The minimum atomic E-state index is 0.0446. The second kappa shape index (κ2) is 5.07. The first kappa shape index (κ1) is 13.9. The Morgan fingerprint density at radius 1 is 1.25 bits per heavy atom. The number of fused-ring (bicyclic) bond motifs is 1. The quantitative estimate of drug-likeness (QED) is 0.859. The summed E-state index contributed by atoms with van der Waals surface area (Å²) >= 11 is 0. The van der Waals surface area contributed by atoms with Crippen molar-refractivity contribution < 1.29 is 4.74 Å². The van der Waals surface area contributed by atoms with Crippen LogP contribution >= 0.6 is 0 Å². The van der Waals surface area contributed by atoms with E-state index in [0.29, 0.717) is 11.5 Å². The maximum atomic E-state index is 6.53. The SMILES string of the molecule is CCNC1CC2(CCCC(C)(C)C2)Oc2ccccc21. The monoisotopic (exact) mass is 273 g/mol. The topological polar surface area (TPSA) is 21.3 Å². The zero-order valence-electron chi connectivity index (χ0n) is 13.0. The van der Waals surface area contributed by atoms with E-state index in [1.807, 2.05) is 0 Å². The molecule has 1 aliphatic heterocycles. The summed E-state index contributed by atoms with van der Waals surface area (Å²) in [6.45, 7) is 7.98. The molecule has 1 spiro atoms. The van der Waals surface area contributed by atoms with Crippen molar-refractivity contribution in [2.45, 2.75) is 64.5 Å². The fraction of sp³-hybridized carbons (Fsp3) is 0.667. The lowest BCUT2D eigenvalue weighted by atomic mass is 9.66. The van der Waals surface area contributed by atoms with Crippen molar-refractivity contribution in [2.75, 3.05) is 6.54 Å². The molecule has 110 valence electrons. The van der Waals surface area contributed by atoms with E-state index in [9.17, 15) is 0 Å². The number of nitrogens with one attached hydrogen (secondary N) is 1. The summed E-state index contributed by atoms with van der Waals surface area (Å²) in [5.41, 5.74) is 1.79. The van der Waals surface area contributed by atoms with Gasteiger partial charge in [0.05, 0.1) is 0 Å². The van der Waals surface area contributed by atoms with E-state index in [2.05, 4.69) is 50.4 Å². The Morgan fingerprint density at radius 3 is 2.80 bits per heavy atom. The van der Waals surface area contributed by atoms with Crippen molar-refractivity contribution in [3.63, 3.8) is 0 Å². The molecule has 1 N–H and O–H groups in total. The van der Waals surface area contributed by atoms with Crippen LogP contribution in [0.1, 0.15) is 64.5 Å². The fourth-order valence-electron chi connectivity index (χ4n) is 4.25. The van der Waals surface area contributed by atoms with Crippen molar-refractivity contribution in [3.8, 4) is 5.75 Å². The third kappa shape index (κ3) is 2.58. The summed E-state index contributed by atoms with van der Waals surface area (Å²) in [6, 6.07) is 9.01. The molecule has 2 unspecified atom stereocenters. The standard InChI is InChI=1S/C18H27NO/c1-4-19-15-12-18(11-7-10-17(2,3)13-18)20-16-9-6-5-8-14(15)16/h5-6,8-9,15,19H,4,7,10-13H2,1-3H3. The summed E-state index contributed by atoms with van der Waals surface area (Å²) in [6.07, 6.45) is 6.10. The molecule has 20 heavy (non-hydrogen) atoms. The van der Waals surface area contributed by atoms with Gasteiger partial charge in [0, 0.05) is 18.0 Å². The predicted molar refractivity (Wildman–Crippen MR) is 83.1 cm³/mol. The lowest BCUT2D eigenvalue weighted by molar-refractivity contribution is -0.0417. The van der Waals surface area contributed by atoms with E-state index in [-0.39, 0.29) is 5.60 Å². The molecule has 0 radical (unpaired) electrons. The smallest absolute Gasteiger partial charge is 0.124 e. The Balaban J connectivity index is 1.93. The van der Waals surface area contributed by atoms with Crippen LogP contribution < -0.4 is 10.1 Å². The molecule has 3 rings (SSSR count). The summed E-state index contributed by atoms with van der Waals surface area (Å²) < 4.78 is 6.53. The van der Waals surface area contributed by atoms with Crippen LogP contribution in [0.15, 0.2) is 24.3 Å². The molecule has 2 atom stereocenters. The van der Waals surface area contributed by atoms with Crippen LogP contribution in [0.3, 0.4) is 0 Å². The first-order valence-electron chi connectivity index (χ1n) is 8.05. The molecule has 0 aromatic heterocycles. The Bertz CT molecular complexity index is 482. The minimum Gasteiger partial charge on any atom is -0.487 e. The van der Waals surface area contributed by atoms with Gasteiger partial charge in [0.25, 0.3) is 0 Å². The molecule has 1 aromatic carbocycles. The van der Waals surface area contributed by atoms with Crippen LogP contribution in [-0.4, -0.2) is 12.1 Å². The number of hydrogen-bond acceptors (Lipinski definition) is 2. The summed E-state index contributed by atoms with van der Waals surface area (Å²) in [5, 5.41) is 3.66. The molecule has 1 fully saturated rings. The molecule has 2 nitrogen and oxygen atoms in total. The van der Waals surface area contributed by atoms with Crippen molar-refractivity contribution in [1.82, 2.24) is 5.32 Å². The average Bonchev–Trinajstić information content (AvgIpc) is 2.37. The molecule has 0 amide bonds. The molecule has 2 aliphatic rings. The van der Waals surface area contributed by atoms with Crippen molar-refractivity contribution in [3.05, 3.63) is 29.8 Å². The maximum absolute atomic E-state index is 6.53. The highest BCUT2D eigenvalue weighted by Gasteiger charge is 2.46. The van der Waals surface area contributed by atoms with Gasteiger partial charge in [-0.3, -0.25) is 0 Å². The summed E-state index contributed by atoms with van der Waals surface area (Å²) in [5.74, 6) is 1.10. The van der Waals surface area contributed by atoms with Gasteiger partial charge >= 0.3 is 0 Å². The van der Waals surface area contributed by atoms with Crippen molar-refractivity contribution in [2.24, 2.45) is 5.41 Å². The molecule has 2 heteroatoms. The zero-order valence-corrected chi connectivity index (χ0v) is 13.0. The van der Waals surface area contributed by atoms with E-state index >= 15 is 0 Å². The summed E-state index contributed by atoms with van der Waals surface area (Å²) in [4.78, 5) is 0. The van der Waals surface area contributed by atoms with Gasteiger partial charge in [-0.05, 0) is 43.7 Å². The molecule has 1 saturated carbocycles. The van der Waals surface area contributed by atoms with Gasteiger partial charge in [-0.1, -0.05) is 39.0 Å². The maximum Gasteiger partial charge on any atom is 0.124 e. The van der Waals surface area contributed by atoms with Crippen LogP contribution in [0.5, 0.6) is 5.75 Å². The van der Waals surface area contributed by atoms with Crippen LogP contribution in [0.2, 0.25) is 0 Å². The van der Waals surface area contributed by atoms with Crippen molar-refractivity contribution >= 4 is 0 Å². The lowest BCUT2D eigenvalue weighted by Gasteiger charge is -2.49. The molecular formula is C18H27NO. The third-order valence-corrected chi connectivity index (χ3v) is 4.93. The fourth-order valence-corrected chi connectivity index (χ4v) is 4.25. The minimum absolute atomic E-state index is 0.0446. The Hall–Kier alpha value is -1.02. The number of para-hydroxylation sites is 1. The van der Waals surface area contributed by atoms with Crippen LogP contribution in [0.4, 0.5) is 0 Å². The molecular weight excluding hydrogens is 246 g/mol. The number of ether oxygens (including phenoxy) is 1. The van der Waals surface area contributed by atoms with E-state index < -0.39 is 0 Å². The second-order valence-electron chi connectivity index (χ2n) is 7.33. The summed E-state index contributed by atoms with van der Waals surface area (Å²) in [7, 11) is 0. The third-order valence-electron chi connectivity index (χ3n) is 4.93. The van der Waals surface area contributed by atoms with E-state index in [1.165, 1.54) is 31.2 Å². The zero-order chi connectivity index (χ0) is 14.2. The number of benzene rings is 1. The first-order chi connectivity index (χ1) is 9.54. The van der Waals surface area contributed by atoms with Crippen LogP contribution in [0.25, 0.3) is 0 Å². The molecule has 1 aliphatic carbocycles. The second-order valence-corrected chi connectivity index (χ2v) is 7.33. The largest absolute Gasteiger partial charge is 0.487 e. The van der Waals surface area contributed by atoms with Gasteiger partial charge in [-0.15, -0.1) is 0 Å². The van der Waals surface area contributed by atoms with E-state index in [1.54, 1.807) is 0 Å². The number of rotatable bonds is 2. The van der Waals surface area contributed by atoms with Gasteiger partial charge in [-0.25, -0.2) is 0 Å². The van der Waals surface area contributed by atoms with Crippen LogP contribution in [-0.2, 0) is 0 Å². The molecule has 1 heterocycles. The first-order valence-corrected chi connectivity index (χ1v) is 8.05. The van der Waals surface area contributed by atoms with Crippen LogP contribution in [0, 0.1) is 5.41 Å². The lowest BCUT2D eigenvalue weighted by Crippen LogP contribution is -2.49.